The number of hydrogen-bond donors (Lipinski definition) is 9. The first-order chi connectivity index (χ1) is 62.8. The maximum absolute atomic E-state index is 11.8. The number of hydrogen-bond acceptors (Lipinski definition) is 22. The third-order valence-corrected chi connectivity index (χ3v) is 25.1. The van der Waals surface area contributed by atoms with Crippen LogP contribution in [-0.4, -0.2) is 337 Å². The van der Waals surface area contributed by atoms with Crippen LogP contribution in [0.5, 0.6) is 0 Å². The fourth-order valence-electron chi connectivity index (χ4n) is 13.7. The Hall–Kier alpha value is -5.84. The molecule has 30 heteroatoms. The van der Waals surface area contributed by atoms with E-state index in [0.717, 1.165) is 117 Å². The number of likely N-dealkylation sites (tertiary alicyclic amines) is 4. The number of nitrogens with one attached hydrogen (secondary N) is 7. The normalized spacial score (nSPS) is 17.7. The summed E-state index contributed by atoms with van der Waals surface area (Å²) < 4.78 is 45.7. The number of benzene rings is 2. The number of Topliss-reactive ketones (excluding diaryl/α,β-unsaturated/α-hetero) is 1. The lowest BCUT2D eigenvalue weighted by atomic mass is 9.95. The molecule has 0 aliphatic carbocycles. The highest BCUT2D eigenvalue weighted by Crippen LogP contribution is 2.27. The van der Waals surface area contributed by atoms with Crippen LogP contribution in [0.15, 0.2) is 85.2 Å². The van der Waals surface area contributed by atoms with Gasteiger partial charge in [-0.25, -0.2) is 26.4 Å². The number of piperidine rings is 3. The number of para-hydroxylation sites is 1. The molecule has 0 bridgehead atoms. The molecule has 9 rings (SSSR count). The van der Waals surface area contributed by atoms with Crippen molar-refractivity contribution in [2.75, 3.05) is 157 Å². The molecule has 6 saturated heterocycles. The monoisotopic (exact) mass is 2020 g/mol. The van der Waals surface area contributed by atoms with Gasteiger partial charge in [0.1, 0.15) is 5.78 Å². The quantitative estimate of drug-likeness (QED) is 0.106. The summed E-state index contributed by atoms with van der Waals surface area (Å²) in [7, 11) is 5.93. The number of aromatic nitrogens is 1. The fraction of sp³-hybridized carbons (Fsp3) is 0.800. The van der Waals surface area contributed by atoms with E-state index in [1.807, 2.05) is 96.2 Å². The topological polar surface area (TPSA) is 320 Å². The Morgan fingerprint density at radius 3 is 1.16 bits per heavy atom. The summed E-state index contributed by atoms with van der Waals surface area (Å²) >= 11 is 0. The second-order valence-corrected chi connectivity index (χ2v) is 55.3. The first-order valence-electron chi connectivity index (χ1n) is 51.1. The van der Waals surface area contributed by atoms with Gasteiger partial charge in [-0.1, -0.05) is 48.5 Å². The molecule has 0 spiro atoms. The summed E-state index contributed by atoms with van der Waals surface area (Å²) in [4.78, 5) is 79.8. The molecule has 6 aliphatic heterocycles. The second-order valence-electron chi connectivity index (χ2n) is 51.3. The summed E-state index contributed by atoms with van der Waals surface area (Å²) in [5.41, 5.74) is 4.41. The zero-order chi connectivity index (χ0) is 110. The van der Waals surface area contributed by atoms with Crippen LogP contribution in [0.1, 0.15) is 344 Å². The third kappa shape index (κ3) is 79.5. The van der Waals surface area contributed by atoms with Gasteiger partial charge in [0, 0.05) is 208 Å². The molecule has 0 radical (unpaired) electrons. The minimum absolute atomic E-state index is 0.0255. The van der Waals surface area contributed by atoms with Gasteiger partial charge in [0.25, 0.3) is 5.91 Å². The van der Waals surface area contributed by atoms with Gasteiger partial charge < -0.3 is 61.7 Å². The Balaban J connectivity index is -0.000000721. The molecule has 820 valence electrons. The largest absolute Gasteiger partial charge is 0.395 e. The number of urea groups is 1. The lowest BCUT2D eigenvalue weighted by molar-refractivity contribution is -0.128. The standard InChI is InChI=1S/C14H22N2.C11H22N2O.C11H17N.C10H14N2O.C9H19NO.C9H17NO.C9H19NO.C8H17NO2S.C7H16N2O.C6H13NO.C6H15N.C5H13NO2S.C5H13N/c1-14(2,3)16-11-9-15(10-12-16)13-7-5-4-6-8-13;1-11(2,3)12-10(14)9-5-7-13(4)8-6-9;1-11(2,3)12-9-10-7-5-4-6-8-10;1-10(2,3)12-9(13)8-5-4-6-11-7-8;2*1-9(2,3)10-6-4-8(11)5-7-10;1-9(2,3)10-6-4-5-8(10)7-11;1-8(2,3)9-4-6-12(10,11)7-5-9;1-7(2,3)8-6(10)9(4)5;1-5(8)7-6(2,3)4;1-6(2,3)7(4)5;1-5(2,3)6-9(4,7)8;1-5(2,3)6-4/h4-8H,9-12H2,1-3H3;9H,5-8H2,1-4H3,(H,12,14);4-8,12H,9H2,1-3H3;4-7H,1-3H3,(H,12,13);8,11H,4-7H2,1-3H3;4-7H2,1-3H3;8,11H,4-7H2,1-3H3;4-7H2,1-3H3;1-5H3,(H,8,10);1-4H3,(H,7,8);1-5H3;6H,1-4H3;6H,1-4H3. The Morgan fingerprint density at radius 2 is 0.864 bits per heavy atom. The Morgan fingerprint density at radius 1 is 0.471 bits per heavy atom. The summed E-state index contributed by atoms with van der Waals surface area (Å²) in [6.45, 7) is 97.7. The second kappa shape index (κ2) is 63.6. The number of pyridine rings is 1. The van der Waals surface area contributed by atoms with Crippen LogP contribution < -0.4 is 41.5 Å². The smallest absolute Gasteiger partial charge is 0.317 e. The number of ketones is 1. The minimum atomic E-state index is -3.03. The maximum Gasteiger partial charge on any atom is 0.317 e. The van der Waals surface area contributed by atoms with Crippen molar-refractivity contribution < 1.29 is 51.0 Å². The van der Waals surface area contributed by atoms with E-state index < -0.39 is 19.9 Å². The van der Waals surface area contributed by atoms with Crippen molar-refractivity contribution in [2.45, 2.75) is 419 Å². The molecule has 0 saturated carbocycles. The first-order valence-corrected chi connectivity index (χ1v) is 54.8. The molecule has 28 nitrogen and oxygen atoms in total. The zero-order valence-corrected chi connectivity index (χ0v) is 100.0. The van der Waals surface area contributed by atoms with Crippen LogP contribution in [-0.2, 0) is 40.8 Å². The predicted octanol–water partition coefficient (Wildman–Crippen LogP) is 17.1. The molecule has 7 heterocycles. The lowest BCUT2D eigenvalue weighted by Gasteiger charge is -2.43. The van der Waals surface area contributed by atoms with Crippen molar-refractivity contribution in [2.24, 2.45) is 5.92 Å². The van der Waals surface area contributed by atoms with E-state index in [2.05, 4.69) is 323 Å². The molecular weight excluding hydrogens is 1800 g/mol. The first kappa shape index (κ1) is 140. The average Bonchev–Trinajstić information content (AvgIpc) is 1.31. The minimum Gasteiger partial charge on any atom is -0.395 e. The van der Waals surface area contributed by atoms with Gasteiger partial charge in [0.15, 0.2) is 9.84 Å². The number of piperazine rings is 1. The van der Waals surface area contributed by atoms with Gasteiger partial charge in [-0.2, -0.15) is 0 Å². The molecule has 1 unspecified atom stereocenters. The van der Waals surface area contributed by atoms with E-state index >= 15 is 0 Å². The number of carbonyl (C=O) groups is 5. The van der Waals surface area contributed by atoms with Gasteiger partial charge in [0.2, 0.25) is 21.8 Å². The van der Waals surface area contributed by atoms with Crippen LogP contribution in [0.3, 0.4) is 0 Å². The Labute approximate surface area is 859 Å². The van der Waals surface area contributed by atoms with Gasteiger partial charge in [0.05, 0.1) is 36.0 Å². The van der Waals surface area contributed by atoms with Crippen molar-refractivity contribution in [3.05, 3.63) is 96.3 Å². The van der Waals surface area contributed by atoms with E-state index in [1.165, 1.54) is 42.6 Å². The van der Waals surface area contributed by atoms with Gasteiger partial charge in [-0.3, -0.25) is 48.7 Å². The van der Waals surface area contributed by atoms with E-state index in [0.29, 0.717) is 65.2 Å². The molecule has 6 fully saturated rings. The number of aliphatic hydroxyl groups excluding tert-OH is 2. The third-order valence-electron chi connectivity index (χ3n) is 22.5. The molecule has 6 aliphatic rings. The number of nitrogens with zero attached hydrogens (tertiary/aromatic N) is 10. The number of anilines is 1. The number of rotatable bonds is 7. The predicted molar refractivity (Wildman–Crippen MR) is 597 cm³/mol. The van der Waals surface area contributed by atoms with Crippen molar-refractivity contribution in [3.8, 4) is 0 Å². The van der Waals surface area contributed by atoms with Crippen molar-refractivity contribution >= 4 is 55.1 Å². The fourth-order valence-corrected chi connectivity index (χ4v) is 16.0. The summed E-state index contributed by atoms with van der Waals surface area (Å²) in [5, 5.41) is 36.3. The van der Waals surface area contributed by atoms with Crippen molar-refractivity contribution in [3.63, 3.8) is 0 Å². The highest BCUT2D eigenvalue weighted by molar-refractivity contribution is 7.91. The molecule has 2 aromatic carbocycles. The molecule has 1 atom stereocenters. The number of sulfone groups is 1. The van der Waals surface area contributed by atoms with E-state index in [1.54, 1.807) is 59.4 Å². The number of sulfonamides is 1. The molecule has 3 aromatic rings. The molecule has 5 amide bonds. The zero-order valence-electron chi connectivity index (χ0n) is 98.3. The SMILES string of the molecule is CC(=O)NC(C)(C)C.CC(C)(C)N1CCC(=O)CC1.CC(C)(C)N1CCC(O)CC1.CC(C)(C)N1CCCC1CO.CC(C)(C)N1CCN(c2ccccc2)CC1.CC(C)(C)N1CCS(=O)(=O)CC1.CC(C)(C)NC(=O)c1cccnc1.CC(C)(C)NCc1ccccc1.CC(C)(C)NS(C)(=O)=O.CN(C)C(=O)NC(C)(C)C.CN(C)C(C)(C)C.CN1CCC(C(=O)NC(C)(C)C)CC1.CNC(C)(C)C. The lowest BCUT2D eigenvalue weighted by Crippen LogP contribution is -2.53. The summed E-state index contributed by atoms with van der Waals surface area (Å²) in [6.07, 6.45) is 12.1. The van der Waals surface area contributed by atoms with Gasteiger partial charge in [-0.05, 0) is 386 Å². The van der Waals surface area contributed by atoms with Crippen LogP contribution >= 0.6 is 0 Å². The average molecular weight is 2020 g/mol. The van der Waals surface area contributed by atoms with E-state index in [9.17, 15) is 45.9 Å². The Bertz CT molecular complexity index is 4020. The van der Waals surface area contributed by atoms with Crippen molar-refractivity contribution in [1.29, 1.82) is 0 Å². The number of amides is 5. The van der Waals surface area contributed by atoms with Crippen molar-refractivity contribution in [1.82, 2.24) is 80.8 Å². The summed E-state index contributed by atoms with van der Waals surface area (Å²) in [6, 6.07) is 25.0. The van der Waals surface area contributed by atoms with Crippen LogP contribution in [0, 0.1) is 5.92 Å². The summed E-state index contributed by atoms with van der Waals surface area (Å²) in [5.74, 6) is 1.47. The van der Waals surface area contributed by atoms with Crippen LogP contribution in [0.4, 0.5) is 10.5 Å². The molecule has 140 heavy (non-hydrogen) atoms. The van der Waals surface area contributed by atoms with Gasteiger partial charge in [-0.15, -0.1) is 0 Å². The number of aliphatic hydroxyl groups is 2. The highest BCUT2D eigenvalue weighted by Gasteiger charge is 2.34. The maximum atomic E-state index is 11.8. The van der Waals surface area contributed by atoms with Crippen LogP contribution in [0.2, 0.25) is 0 Å². The number of carbonyl (C=O) groups excluding carboxylic acids is 5. The molecular formula is C110H217N17O11S2. The van der Waals surface area contributed by atoms with E-state index in [4.69, 9.17) is 5.11 Å². The molecule has 9 N–H and O–H groups in total. The Kier molecular flexibility index (Phi) is 63.8. The van der Waals surface area contributed by atoms with E-state index in [-0.39, 0.29) is 91.2 Å². The van der Waals surface area contributed by atoms with Crippen LogP contribution in [0.25, 0.3) is 0 Å². The molecule has 1 aromatic heterocycles. The van der Waals surface area contributed by atoms with Gasteiger partial charge >= 0.3 is 6.03 Å². The highest BCUT2D eigenvalue weighted by atomic mass is 32.2.